The Balaban J connectivity index is 1.80. The van der Waals surface area contributed by atoms with Crippen molar-refractivity contribution in [2.24, 2.45) is 0 Å². The molecule has 8 nitrogen and oxygen atoms in total. The van der Waals surface area contributed by atoms with Crippen LogP contribution in [0.5, 0.6) is 11.5 Å². The zero-order valence-electron chi connectivity index (χ0n) is 19.4. The van der Waals surface area contributed by atoms with Crippen LogP contribution in [0.4, 0.5) is 0 Å². The number of nitrogens with zero attached hydrogens (tertiary/aromatic N) is 2. The Morgan fingerprint density at radius 3 is 2.50 bits per heavy atom. The molecule has 32 heavy (non-hydrogen) atoms. The summed E-state index contributed by atoms with van der Waals surface area (Å²) >= 11 is 0. The molecule has 4 rings (SSSR count). The summed E-state index contributed by atoms with van der Waals surface area (Å²) in [4.78, 5) is 29.1. The highest BCUT2D eigenvalue weighted by Gasteiger charge is 2.48. The van der Waals surface area contributed by atoms with Crippen molar-refractivity contribution in [2.75, 3.05) is 34.5 Å². The van der Waals surface area contributed by atoms with Crippen molar-refractivity contribution < 1.29 is 23.8 Å². The largest absolute Gasteiger partial charge is 0.496 e. The Morgan fingerprint density at radius 1 is 1.16 bits per heavy atom. The van der Waals surface area contributed by atoms with Gasteiger partial charge in [-0.3, -0.25) is 9.59 Å². The zero-order valence-corrected chi connectivity index (χ0v) is 19.4. The van der Waals surface area contributed by atoms with E-state index < -0.39 is 5.54 Å². The summed E-state index contributed by atoms with van der Waals surface area (Å²) in [6.45, 7) is 3.17. The van der Waals surface area contributed by atoms with Crippen LogP contribution in [0.25, 0.3) is 10.9 Å². The first kappa shape index (κ1) is 22.5. The molecule has 0 spiro atoms. The van der Waals surface area contributed by atoms with Crippen molar-refractivity contribution in [3.05, 3.63) is 23.9 Å². The van der Waals surface area contributed by atoms with Gasteiger partial charge in [-0.1, -0.05) is 12.8 Å². The van der Waals surface area contributed by atoms with E-state index in [1.165, 1.54) is 0 Å². The van der Waals surface area contributed by atoms with Crippen LogP contribution in [0, 0.1) is 0 Å². The molecule has 1 saturated carbocycles. The predicted octanol–water partition coefficient (Wildman–Crippen LogP) is 2.97. The fourth-order valence-electron chi connectivity index (χ4n) is 5.08. The van der Waals surface area contributed by atoms with Gasteiger partial charge in [0, 0.05) is 31.7 Å². The van der Waals surface area contributed by atoms with E-state index in [-0.39, 0.29) is 17.9 Å². The number of hydrogen-bond acceptors (Lipinski definition) is 5. The van der Waals surface area contributed by atoms with Gasteiger partial charge < -0.3 is 29.0 Å². The first-order chi connectivity index (χ1) is 15.4. The topological polar surface area (TPSA) is 82.0 Å². The molecule has 0 radical (unpaired) electrons. The molecule has 1 atom stereocenters. The van der Waals surface area contributed by atoms with Gasteiger partial charge in [0.25, 0.3) is 5.91 Å². The first-order valence-corrected chi connectivity index (χ1v) is 11.3. The second-order valence-corrected chi connectivity index (χ2v) is 8.88. The monoisotopic (exact) mass is 443 g/mol. The quantitative estimate of drug-likeness (QED) is 0.635. The van der Waals surface area contributed by atoms with E-state index in [0.717, 1.165) is 36.6 Å². The lowest BCUT2D eigenvalue weighted by Crippen LogP contribution is -2.65. The molecular formula is C24H33N3O5. The summed E-state index contributed by atoms with van der Waals surface area (Å²) in [5, 5.41) is 4.02. The molecule has 0 bridgehead atoms. The minimum atomic E-state index is -1.03. The van der Waals surface area contributed by atoms with Crippen LogP contribution in [0.15, 0.2) is 18.2 Å². The van der Waals surface area contributed by atoms with E-state index in [4.69, 9.17) is 14.2 Å². The van der Waals surface area contributed by atoms with Crippen molar-refractivity contribution in [1.82, 2.24) is 14.8 Å². The number of hydrogen-bond donors (Lipinski definition) is 1. The van der Waals surface area contributed by atoms with Crippen LogP contribution in [-0.2, 0) is 16.1 Å². The van der Waals surface area contributed by atoms with Crippen LogP contribution in [0.1, 0.15) is 49.5 Å². The van der Waals surface area contributed by atoms with Gasteiger partial charge in [-0.2, -0.15) is 0 Å². The SMILES string of the molecule is COCCCN1C(=O)c2cc3c(OC)ccc(OC)c3n2C[C@@]1(C)C(=O)NC1CCCC1. The maximum atomic E-state index is 13.7. The lowest BCUT2D eigenvalue weighted by atomic mass is 9.93. The van der Waals surface area contributed by atoms with Gasteiger partial charge >= 0.3 is 0 Å². The molecule has 0 saturated heterocycles. The van der Waals surface area contributed by atoms with E-state index in [9.17, 15) is 9.59 Å². The van der Waals surface area contributed by atoms with Crippen LogP contribution in [0.3, 0.4) is 0 Å². The normalized spacial score (nSPS) is 21.1. The summed E-state index contributed by atoms with van der Waals surface area (Å²) in [5.41, 5.74) is 0.276. The Labute approximate surface area is 188 Å². The van der Waals surface area contributed by atoms with Gasteiger partial charge in [0.05, 0.1) is 26.3 Å². The average molecular weight is 444 g/mol. The summed E-state index contributed by atoms with van der Waals surface area (Å²) in [6.07, 6.45) is 4.88. The van der Waals surface area contributed by atoms with Gasteiger partial charge in [-0.15, -0.1) is 0 Å². The van der Waals surface area contributed by atoms with Crippen molar-refractivity contribution in [3.8, 4) is 11.5 Å². The Morgan fingerprint density at radius 2 is 1.84 bits per heavy atom. The summed E-state index contributed by atoms with van der Waals surface area (Å²) in [7, 11) is 4.85. The van der Waals surface area contributed by atoms with Crippen LogP contribution in [-0.4, -0.2) is 67.3 Å². The van der Waals surface area contributed by atoms with Gasteiger partial charge in [-0.25, -0.2) is 0 Å². The standard InChI is InChI=1S/C24H33N3O5/c1-24(23(29)25-16-8-5-6-9-16)15-26-18(22(28)27(24)12-7-13-30-2)14-17-19(31-3)10-11-20(32-4)21(17)26/h10-11,14,16H,5-9,12-13,15H2,1-4H3,(H,25,29)/t24-/m0/s1. The third-order valence-electron chi connectivity index (χ3n) is 6.86. The summed E-state index contributed by atoms with van der Waals surface area (Å²) < 4.78 is 18.3. The smallest absolute Gasteiger partial charge is 0.271 e. The van der Waals surface area contributed by atoms with Crippen molar-refractivity contribution in [2.45, 2.75) is 57.2 Å². The molecule has 2 amide bonds. The lowest BCUT2D eigenvalue weighted by molar-refractivity contribution is -0.133. The highest BCUT2D eigenvalue weighted by atomic mass is 16.5. The van der Waals surface area contributed by atoms with E-state index >= 15 is 0 Å². The Kier molecular flexibility index (Phi) is 6.33. The zero-order chi connectivity index (χ0) is 22.9. The summed E-state index contributed by atoms with van der Waals surface area (Å²) in [5.74, 6) is 1.03. The Hall–Kier alpha value is -2.74. The molecule has 8 heteroatoms. The number of nitrogens with one attached hydrogen (secondary N) is 1. The minimum absolute atomic E-state index is 0.107. The lowest BCUT2D eigenvalue weighted by Gasteiger charge is -2.44. The van der Waals surface area contributed by atoms with Crippen LogP contribution >= 0.6 is 0 Å². The number of aromatic nitrogens is 1. The molecule has 0 unspecified atom stereocenters. The average Bonchev–Trinajstić information content (AvgIpc) is 3.43. The molecule has 1 aromatic heterocycles. The number of ether oxygens (including phenoxy) is 3. The first-order valence-electron chi connectivity index (χ1n) is 11.3. The van der Waals surface area contributed by atoms with Gasteiger partial charge in [-0.05, 0) is 44.4 Å². The van der Waals surface area contributed by atoms with Crippen molar-refractivity contribution in [3.63, 3.8) is 0 Å². The molecule has 1 N–H and O–H groups in total. The maximum Gasteiger partial charge on any atom is 0.271 e. The van der Waals surface area contributed by atoms with Crippen LogP contribution in [0.2, 0.25) is 0 Å². The number of carbonyl (C=O) groups excluding carboxylic acids is 2. The molecular weight excluding hydrogens is 410 g/mol. The third kappa shape index (κ3) is 3.70. The highest BCUT2D eigenvalue weighted by Crippen LogP contribution is 2.40. The number of benzene rings is 1. The number of carbonyl (C=O) groups is 2. The number of rotatable bonds is 8. The van der Waals surface area contributed by atoms with Gasteiger partial charge in [0.1, 0.15) is 22.7 Å². The van der Waals surface area contributed by atoms with E-state index in [1.807, 2.05) is 29.7 Å². The Bertz CT molecular complexity index is 1010. The molecule has 1 aromatic carbocycles. The molecule has 2 heterocycles. The number of amides is 2. The van der Waals surface area contributed by atoms with E-state index in [0.29, 0.717) is 43.3 Å². The van der Waals surface area contributed by atoms with E-state index in [1.54, 1.807) is 26.2 Å². The molecule has 1 aliphatic carbocycles. The maximum absolute atomic E-state index is 13.7. The fraction of sp³-hybridized carbons (Fsp3) is 0.583. The third-order valence-corrected chi connectivity index (χ3v) is 6.86. The molecule has 2 aromatic rings. The molecule has 174 valence electrons. The second-order valence-electron chi connectivity index (χ2n) is 8.88. The predicted molar refractivity (Wildman–Crippen MR) is 121 cm³/mol. The van der Waals surface area contributed by atoms with E-state index in [2.05, 4.69) is 5.32 Å². The molecule has 1 aliphatic heterocycles. The minimum Gasteiger partial charge on any atom is -0.496 e. The van der Waals surface area contributed by atoms with Gasteiger partial charge in [0.15, 0.2) is 0 Å². The highest BCUT2D eigenvalue weighted by molar-refractivity contribution is 6.05. The van der Waals surface area contributed by atoms with Crippen molar-refractivity contribution in [1.29, 1.82) is 0 Å². The molecule has 1 fully saturated rings. The second kappa shape index (κ2) is 9.02. The fourth-order valence-corrected chi connectivity index (χ4v) is 5.08. The molecule has 2 aliphatic rings. The van der Waals surface area contributed by atoms with Crippen LogP contribution < -0.4 is 14.8 Å². The number of methoxy groups -OCH3 is 3. The summed E-state index contributed by atoms with van der Waals surface area (Å²) in [6, 6.07) is 5.68. The number of fused-ring (bicyclic) bond motifs is 3. The van der Waals surface area contributed by atoms with Crippen molar-refractivity contribution >= 4 is 22.7 Å². The van der Waals surface area contributed by atoms with Gasteiger partial charge in [0.2, 0.25) is 5.91 Å².